The number of aliphatic hydroxyl groups is 2. The molecule has 0 aliphatic rings. The largest absolute Gasteiger partial charge is 0.490 e. The number of ether oxygens (including phenoxy) is 4. The van der Waals surface area contributed by atoms with Gasteiger partial charge in [0, 0.05) is 6.07 Å². The molecular formula is C46H56O8. The number of carbonyl (C=O) groups excluding carboxylic acids is 2. The van der Waals surface area contributed by atoms with Crippen molar-refractivity contribution in [1.82, 2.24) is 0 Å². The number of rotatable bonds is 22. The number of unbranched alkanes of at least 4 members (excludes halogenated alkanes) is 4. The smallest absolute Gasteiger partial charge is 0.335 e. The monoisotopic (exact) mass is 736 g/mol. The van der Waals surface area contributed by atoms with Gasteiger partial charge >= 0.3 is 11.9 Å². The second kappa shape index (κ2) is 21.1. The average Bonchev–Trinajstić information content (AvgIpc) is 3.20. The van der Waals surface area contributed by atoms with Gasteiger partial charge in [-0.25, -0.2) is 4.79 Å². The summed E-state index contributed by atoms with van der Waals surface area (Å²) in [5, 5.41) is 18.6. The maximum absolute atomic E-state index is 12.3. The second-order valence-corrected chi connectivity index (χ2v) is 14.1. The van der Waals surface area contributed by atoms with E-state index in [2.05, 4.69) is 87.2 Å². The molecule has 0 fully saturated rings. The summed E-state index contributed by atoms with van der Waals surface area (Å²) in [5.74, 6) is -0.194. The van der Waals surface area contributed by atoms with Crippen molar-refractivity contribution >= 4 is 11.9 Å². The molecule has 0 aromatic heterocycles. The molecule has 8 nitrogen and oxygen atoms in total. The molecular weight excluding hydrogens is 680 g/mol. The standard InChI is InChI=1S/C46H56O8/c1-6-8-9-10-11-12-34-13-15-36(16-14-34)37-17-19-38(20-18-37)43-22-21-39(27-35(43)7-2)40-28-41(51-23-25-53-44(49)33(3)31-47)30-42(29-40)52-24-26-54-45(50)46(4,5)32-48/h13-22,27-30,47-48H,3,6-12,23-26,31-32H2,1-2,4-5H3. The number of esters is 2. The van der Waals surface area contributed by atoms with Gasteiger partial charge in [-0.05, 0) is 89.8 Å². The lowest BCUT2D eigenvalue weighted by Gasteiger charge is -2.19. The number of hydrogen-bond donors (Lipinski definition) is 2. The Labute approximate surface area is 320 Å². The first-order valence-electron chi connectivity index (χ1n) is 19.1. The van der Waals surface area contributed by atoms with Crippen LogP contribution in [0, 0.1) is 5.41 Å². The average molecular weight is 737 g/mol. The van der Waals surface area contributed by atoms with E-state index in [0.717, 1.165) is 35.1 Å². The SMILES string of the molecule is C=C(CO)C(=O)OCCOc1cc(OCCOC(=O)C(C)(C)CO)cc(-c2ccc(-c3ccc(-c4ccc(CCCCCCC)cc4)cc3)c(CC)c2)c1. The fourth-order valence-electron chi connectivity index (χ4n) is 5.91. The van der Waals surface area contributed by atoms with Gasteiger partial charge in [-0.15, -0.1) is 0 Å². The highest BCUT2D eigenvalue weighted by atomic mass is 16.6. The summed E-state index contributed by atoms with van der Waals surface area (Å²) in [6.07, 6.45) is 8.41. The third-order valence-corrected chi connectivity index (χ3v) is 9.35. The van der Waals surface area contributed by atoms with Crippen molar-refractivity contribution in [3.05, 3.63) is 108 Å². The van der Waals surface area contributed by atoms with Crippen LogP contribution in [-0.2, 0) is 31.9 Å². The van der Waals surface area contributed by atoms with E-state index < -0.39 is 24.0 Å². The number of aliphatic hydroxyl groups excluding tert-OH is 2. The minimum atomic E-state index is -1.00. The van der Waals surface area contributed by atoms with E-state index in [9.17, 15) is 14.7 Å². The third-order valence-electron chi connectivity index (χ3n) is 9.35. The van der Waals surface area contributed by atoms with Crippen molar-refractivity contribution in [2.75, 3.05) is 39.6 Å². The van der Waals surface area contributed by atoms with Crippen molar-refractivity contribution in [2.24, 2.45) is 5.41 Å². The highest BCUT2D eigenvalue weighted by Crippen LogP contribution is 2.35. The maximum atomic E-state index is 12.3. The van der Waals surface area contributed by atoms with Gasteiger partial charge in [-0.2, -0.15) is 0 Å². The summed E-state index contributed by atoms with van der Waals surface area (Å²) >= 11 is 0. The number of benzene rings is 4. The van der Waals surface area contributed by atoms with Crippen LogP contribution in [-0.4, -0.2) is 61.8 Å². The first-order valence-corrected chi connectivity index (χ1v) is 19.1. The molecule has 8 heteroatoms. The van der Waals surface area contributed by atoms with Crippen LogP contribution in [0.15, 0.2) is 97.1 Å². The Balaban J connectivity index is 1.49. The zero-order valence-electron chi connectivity index (χ0n) is 32.3. The second-order valence-electron chi connectivity index (χ2n) is 14.1. The summed E-state index contributed by atoms with van der Waals surface area (Å²) in [6.45, 7) is 10.4. The molecule has 0 aliphatic carbocycles. The Kier molecular flexibility index (Phi) is 16.3. The van der Waals surface area contributed by atoms with Gasteiger partial charge in [0.2, 0.25) is 0 Å². The van der Waals surface area contributed by atoms with E-state index in [1.807, 2.05) is 12.1 Å². The van der Waals surface area contributed by atoms with Gasteiger partial charge in [0.05, 0.1) is 24.2 Å². The van der Waals surface area contributed by atoms with Crippen molar-refractivity contribution in [3.8, 4) is 44.9 Å². The van der Waals surface area contributed by atoms with Gasteiger partial charge in [0.25, 0.3) is 0 Å². The Morgan fingerprint density at radius 1 is 0.648 bits per heavy atom. The zero-order valence-corrected chi connectivity index (χ0v) is 32.3. The van der Waals surface area contributed by atoms with Gasteiger partial charge < -0.3 is 29.2 Å². The van der Waals surface area contributed by atoms with Crippen LogP contribution < -0.4 is 9.47 Å². The van der Waals surface area contributed by atoms with Crippen LogP contribution in [0.25, 0.3) is 33.4 Å². The van der Waals surface area contributed by atoms with Crippen LogP contribution in [0.1, 0.15) is 70.9 Å². The van der Waals surface area contributed by atoms with Crippen LogP contribution in [0.5, 0.6) is 11.5 Å². The summed E-state index contributed by atoms with van der Waals surface area (Å²) in [6, 6.07) is 29.6. The van der Waals surface area contributed by atoms with E-state index in [-0.39, 0.29) is 38.6 Å². The molecule has 4 rings (SSSR count). The summed E-state index contributed by atoms with van der Waals surface area (Å²) in [4.78, 5) is 24.2. The quantitative estimate of drug-likeness (QED) is 0.0467. The van der Waals surface area contributed by atoms with E-state index in [4.69, 9.17) is 24.1 Å². The molecule has 0 aliphatic heterocycles. The Morgan fingerprint density at radius 3 is 1.81 bits per heavy atom. The maximum Gasteiger partial charge on any atom is 0.335 e. The third kappa shape index (κ3) is 12.3. The normalized spacial score (nSPS) is 11.2. The molecule has 4 aromatic rings. The van der Waals surface area contributed by atoms with Gasteiger partial charge in [-0.1, -0.05) is 113 Å². The van der Waals surface area contributed by atoms with E-state index in [1.54, 1.807) is 19.9 Å². The molecule has 0 heterocycles. The van der Waals surface area contributed by atoms with Gasteiger partial charge in [0.1, 0.15) is 37.9 Å². The first kappa shape index (κ1) is 41.8. The van der Waals surface area contributed by atoms with Crippen LogP contribution in [0.4, 0.5) is 0 Å². The molecule has 0 unspecified atom stereocenters. The molecule has 0 saturated heterocycles. The van der Waals surface area contributed by atoms with Crippen molar-refractivity contribution in [2.45, 2.75) is 72.6 Å². The Morgan fingerprint density at radius 2 is 1.22 bits per heavy atom. The Bertz CT molecular complexity index is 1810. The fourth-order valence-corrected chi connectivity index (χ4v) is 5.91. The van der Waals surface area contributed by atoms with E-state index in [0.29, 0.717) is 11.5 Å². The summed E-state index contributed by atoms with van der Waals surface area (Å²) in [7, 11) is 0. The lowest BCUT2D eigenvalue weighted by molar-refractivity contribution is -0.156. The summed E-state index contributed by atoms with van der Waals surface area (Å²) < 4.78 is 22.4. The fraction of sp³-hybridized carbons (Fsp3) is 0.391. The van der Waals surface area contributed by atoms with Crippen LogP contribution >= 0.6 is 0 Å². The zero-order chi connectivity index (χ0) is 38.9. The van der Waals surface area contributed by atoms with Gasteiger partial charge in [-0.3, -0.25) is 4.79 Å². The molecule has 0 spiro atoms. The molecule has 0 radical (unpaired) electrons. The lowest BCUT2D eigenvalue weighted by atomic mass is 9.92. The summed E-state index contributed by atoms with van der Waals surface area (Å²) in [5.41, 5.74) is 8.07. The van der Waals surface area contributed by atoms with Crippen LogP contribution in [0.3, 0.4) is 0 Å². The first-order chi connectivity index (χ1) is 26.1. The van der Waals surface area contributed by atoms with Crippen molar-refractivity contribution < 1.29 is 38.7 Å². The highest BCUT2D eigenvalue weighted by molar-refractivity contribution is 5.87. The molecule has 54 heavy (non-hydrogen) atoms. The lowest BCUT2D eigenvalue weighted by Crippen LogP contribution is -2.31. The molecule has 0 amide bonds. The molecule has 0 saturated carbocycles. The Hall–Kier alpha value is -4.92. The molecule has 2 N–H and O–H groups in total. The predicted molar refractivity (Wildman–Crippen MR) is 215 cm³/mol. The van der Waals surface area contributed by atoms with E-state index >= 15 is 0 Å². The number of hydrogen-bond acceptors (Lipinski definition) is 8. The minimum Gasteiger partial charge on any atom is -0.490 e. The van der Waals surface area contributed by atoms with Gasteiger partial charge in [0.15, 0.2) is 0 Å². The minimum absolute atomic E-state index is 0.00531. The number of aryl methyl sites for hydroxylation is 2. The molecule has 288 valence electrons. The highest BCUT2D eigenvalue weighted by Gasteiger charge is 2.28. The van der Waals surface area contributed by atoms with Crippen molar-refractivity contribution in [3.63, 3.8) is 0 Å². The van der Waals surface area contributed by atoms with Crippen LogP contribution in [0.2, 0.25) is 0 Å². The van der Waals surface area contributed by atoms with E-state index in [1.165, 1.54) is 54.4 Å². The molecule has 4 aromatic carbocycles. The molecule has 0 atom stereocenters. The molecule has 0 bridgehead atoms. The topological polar surface area (TPSA) is 112 Å². The van der Waals surface area contributed by atoms with Crippen molar-refractivity contribution in [1.29, 1.82) is 0 Å². The predicted octanol–water partition coefficient (Wildman–Crippen LogP) is 9.17. The number of carbonyl (C=O) groups is 2.